The Balaban J connectivity index is 1.88. The van der Waals surface area contributed by atoms with Crippen LogP contribution in [-0.4, -0.2) is 5.78 Å². The monoisotopic (exact) mass is 278 g/mol. The minimum atomic E-state index is -0.154. The zero-order valence-corrected chi connectivity index (χ0v) is 12.6. The molecule has 0 radical (unpaired) electrons. The maximum atomic E-state index is 13.0. The van der Waals surface area contributed by atoms with Crippen LogP contribution in [0.3, 0.4) is 0 Å². The maximum Gasteiger partial charge on any atom is 0.169 e. The van der Waals surface area contributed by atoms with Crippen molar-refractivity contribution in [2.24, 2.45) is 5.41 Å². The van der Waals surface area contributed by atoms with Gasteiger partial charge in [-0.3, -0.25) is 4.79 Å². The van der Waals surface area contributed by atoms with E-state index in [0.29, 0.717) is 11.7 Å². The molecular formula is C20H22O. The van der Waals surface area contributed by atoms with Crippen LogP contribution in [0.4, 0.5) is 0 Å². The van der Waals surface area contributed by atoms with E-state index in [1.165, 1.54) is 5.56 Å². The number of unbranched alkanes of at least 4 members (excludes halogenated alkanes) is 1. The summed E-state index contributed by atoms with van der Waals surface area (Å²) < 4.78 is 0. The van der Waals surface area contributed by atoms with Crippen LogP contribution in [0.2, 0.25) is 0 Å². The molecule has 0 bridgehead atoms. The average Bonchev–Trinajstić information content (AvgIpc) is 3.30. The number of Topliss-reactive ketones (excluding diaryl/α,β-unsaturated/α-hetero) is 1. The normalized spacial score (nSPS) is 23.8. The molecule has 2 aromatic carbocycles. The fraction of sp³-hybridized carbons (Fsp3) is 0.350. The van der Waals surface area contributed by atoms with E-state index in [-0.39, 0.29) is 5.41 Å². The summed E-state index contributed by atoms with van der Waals surface area (Å²) in [6.45, 7) is 2.20. The minimum absolute atomic E-state index is 0.154. The Bertz CT molecular complexity index is 602. The summed E-state index contributed by atoms with van der Waals surface area (Å²) in [5.41, 5.74) is 2.03. The smallest absolute Gasteiger partial charge is 0.169 e. The van der Waals surface area contributed by atoms with E-state index in [4.69, 9.17) is 0 Å². The Hall–Kier alpha value is -1.89. The molecule has 0 saturated heterocycles. The third kappa shape index (κ3) is 2.65. The molecule has 0 aromatic heterocycles. The zero-order chi connectivity index (χ0) is 14.7. The van der Waals surface area contributed by atoms with Crippen molar-refractivity contribution in [1.82, 2.24) is 0 Å². The van der Waals surface area contributed by atoms with Gasteiger partial charge in [0.25, 0.3) is 0 Å². The molecule has 1 fully saturated rings. The Kier molecular flexibility index (Phi) is 3.92. The van der Waals surface area contributed by atoms with Gasteiger partial charge in [0.15, 0.2) is 5.78 Å². The van der Waals surface area contributed by atoms with Crippen LogP contribution in [-0.2, 0) is 0 Å². The van der Waals surface area contributed by atoms with E-state index in [1.807, 2.05) is 36.4 Å². The summed E-state index contributed by atoms with van der Waals surface area (Å²) >= 11 is 0. The van der Waals surface area contributed by atoms with Gasteiger partial charge in [0.2, 0.25) is 0 Å². The number of hydrogen-bond acceptors (Lipinski definition) is 1. The highest BCUT2D eigenvalue weighted by Gasteiger charge is 2.59. The molecule has 0 heterocycles. The number of ketones is 1. The molecule has 0 amide bonds. The molecule has 2 aromatic rings. The predicted octanol–water partition coefficient (Wildman–Crippen LogP) is 5.23. The van der Waals surface area contributed by atoms with Gasteiger partial charge in [0, 0.05) is 11.0 Å². The minimum Gasteiger partial charge on any atom is -0.294 e. The third-order valence-corrected chi connectivity index (χ3v) is 4.74. The van der Waals surface area contributed by atoms with Gasteiger partial charge in [0.1, 0.15) is 0 Å². The molecule has 0 N–H and O–H groups in total. The predicted molar refractivity (Wildman–Crippen MR) is 86.5 cm³/mol. The maximum absolute atomic E-state index is 13.0. The molecule has 108 valence electrons. The molecule has 1 aliphatic carbocycles. The zero-order valence-electron chi connectivity index (χ0n) is 12.6. The van der Waals surface area contributed by atoms with Gasteiger partial charge in [-0.15, -0.1) is 0 Å². The molecule has 21 heavy (non-hydrogen) atoms. The molecule has 0 spiro atoms. The van der Waals surface area contributed by atoms with Crippen LogP contribution in [0.1, 0.15) is 54.4 Å². The second kappa shape index (κ2) is 5.85. The first-order valence-corrected chi connectivity index (χ1v) is 7.93. The average molecular weight is 278 g/mol. The molecule has 1 nitrogen and oxygen atoms in total. The van der Waals surface area contributed by atoms with Crippen molar-refractivity contribution in [3.8, 4) is 0 Å². The SMILES string of the molecule is CCCC[C@@]1(C(=O)c2ccccc2)C[C@H]1c1ccccc1. The molecule has 1 saturated carbocycles. The summed E-state index contributed by atoms with van der Waals surface area (Å²) in [5, 5.41) is 0. The van der Waals surface area contributed by atoms with Gasteiger partial charge in [0.05, 0.1) is 0 Å². The summed E-state index contributed by atoms with van der Waals surface area (Å²) in [7, 11) is 0. The lowest BCUT2D eigenvalue weighted by Crippen LogP contribution is -2.18. The standard InChI is InChI=1S/C20H22O/c1-2-3-14-20(19(21)17-12-8-5-9-13-17)15-18(20)16-10-6-4-7-11-16/h4-13,18H,2-3,14-15H2,1H3/t18-,20+/m0/s1. The highest BCUT2D eigenvalue weighted by Crippen LogP contribution is 2.63. The molecular weight excluding hydrogens is 256 g/mol. The van der Waals surface area contributed by atoms with E-state index in [2.05, 4.69) is 31.2 Å². The highest BCUT2D eigenvalue weighted by atomic mass is 16.1. The Labute approximate surface area is 127 Å². The van der Waals surface area contributed by atoms with Crippen LogP contribution in [0, 0.1) is 5.41 Å². The molecule has 3 rings (SSSR count). The summed E-state index contributed by atoms with van der Waals surface area (Å²) in [6, 6.07) is 20.3. The number of rotatable bonds is 6. The second-order valence-electron chi connectivity index (χ2n) is 6.12. The van der Waals surface area contributed by atoms with Gasteiger partial charge < -0.3 is 0 Å². The Morgan fingerprint density at radius 2 is 1.67 bits per heavy atom. The Morgan fingerprint density at radius 1 is 1.05 bits per heavy atom. The van der Waals surface area contributed by atoms with Crippen LogP contribution in [0.25, 0.3) is 0 Å². The van der Waals surface area contributed by atoms with Crippen LogP contribution in [0.5, 0.6) is 0 Å². The molecule has 1 aliphatic rings. The van der Waals surface area contributed by atoms with Crippen molar-refractivity contribution in [2.45, 2.75) is 38.5 Å². The lowest BCUT2D eigenvalue weighted by Gasteiger charge is -2.16. The first-order valence-electron chi connectivity index (χ1n) is 7.93. The van der Waals surface area contributed by atoms with Crippen molar-refractivity contribution >= 4 is 5.78 Å². The van der Waals surface area contributed by atoms with Gasteiger partial charge in [-0.05, 0) is 24.3 Å². The first-order chi connectivity index (χ1) is 10.3. The topological polar surface area (TPSA) is 17.1 Å². The lowest BCUT2D eigenvalue weighted by atomic mass is 9.86. The molecule has 0 aliphatic heterocycles. The van der Waals surface area contributed by atoms with Crippen LogP contribution in [0.15, 0.2) is 60.7 Å². The van der Waals surface area contributed by atoms with Crippen molar-refractivity contribution in [2.75, 3.05) is 0 Å². The fourth-order valence-corrected chi connectivity index (χ4v) is 3.44. The van der Waals surface area contributed by atoms with E-state index >= 15 is 0 Å². The molecule has 0 unspecified atom stereocenters. The first kappa shape index (κ1) is 14.1. The van der Waals surface area contributed by atoms with E-state index < -0.39 is 0 Å². The van der Waals surface area contributed by atoms with Crippen molar-refractivity contribution < 1.29 is 4.79 Å². The van der Waals surface area contributed by atoms with Crippen molar-refractivity contribution in [3.63, 3.8) is 0 Å². The molecule has 1 heteroatoms. The molecule has 2 atom stereocenters. The van der Waals surface area contributed by atoms with E-state index in [0.717, 1.165) is 31.2 Å². The van der Waals surface area contributed by atoms with Crippen LogP contribution < -0.4 is 0 Å². The van der Waals surface area contributed by atoms with Crippen molar-refractivity contribution in [1.29, 1.82) is 0 Å². The fourth-order valence-electron chi connectivity index (χ4n) is 3.44. The summed E-state index contributed by atoms with van der Waals surface area (Å²) in [6.07, 6.45) is 4.29. The largest absolute Gasteiger partial charge is 0.294 e. The number of carbonyl (C=O) groups excluding carboxylic acids is 1. The number of benzene rings is 2. The van der Waals surface area contributed by atoms with E-state index in [9.17, 15) is 4.79 Å². The second-order valence-corrected chi connectivity index (χ2v) is 6.12. The third-order valence-electron chi connectivity index (χ3n) is 4.74. The van der Waals surface area contributed by atoms with Gasteiger partial charge >= 0.3 is 0 Å². The Morgan fingerprint density at radius 3 is 2.29 bits per heavy atom. The quantitative estimate of drug-likeness (QED) is 0.661. The van der Waals surface area contributed by atoms with Gasteiger partial charge in [-0.2, -0.15) is 0 Å². The number of carbonyl (C=O) groups is 1. The number of hydrogen-bond donors (Lipinski definition) is 0. The van der Waals surface area contributed by atoms with Crippen molar-refractivity contribution in [3.05, 3.63) is 71.8 Å². The van der Waals surface area contributed by atoms with E-state index in [1.54, 1.807) is 0 Å². The highest BCUT2D eigenvalue weighted by molar-refractivity contribution is 6.03. The summed E-state index contributed by atoms with van der Waals surface area (Å²) in [4.78, 5) is 13.0. The lowest BCUT2D eigenvalue weighted by molar-refractivity contribution is 0.0885. The summed E-state index contributed by atoms with van der Waals surface area (Å²) in [5.74, 6) is 0.739. The van der Waals surface area contributed by atoms with Gasteiger partial charge in [-0.25, -0.2) is 0 Å². The van der Waals surface area contributed by atoms with Crippen LogP contribution >= 0.6 is 0 Å². The van der Waals surface area contributed by atoms with Gasteiger partial charge in [-0.1, -0.05) is 80.4 Å².